The lowest BCUT2D eigenvalue weighted by atomic mass is 10.1. The highest BCUT2D eigenvalue weighted by atomic mass is 32.2. The van der Waals surface area contributed by atoms with Gasteiger partial charge in [-0.2, -0.15) is 8.42 Å². The highest BCUT2D eigenvalue weighted by Crippen LogP contribution is 2.06. The van der Waals surface area contributed by atoms with E-state index in [1.807, 2.05) is 6.92 Å². The van der Waals surface area contributed by atoms with E-state index in [1.165, 1.54) is 6.07 Å². The summed E-state index contributed by atoms with van der Waals surface area (Å²) in [5.74, 6) is -0.312. The summed E-state index contributed by atoms with van der Waals surface area (Å²) in [4.78, 5) is 0. The summed E-state index contributed by atoms with van der Waals surface area (Å²) in [6.45, 7) is 2.46. The molecule has 1 aromatic rings. The monoisotopic (exact) mass is 260 g/mol. The Bertz CT molecular complexity index is 449. The molecule has 1 rings (SSSR count). The number of benzene rings is 1. The molecule has 0 aliphatic rings. The molecular weight excluding hydrogens is 243 g/mol. The first-order valence-electron chi connectivity index (χ1n) is 5.53. The quantitative estimate of drug-likeness (QED) is 0.774. The zero-order valence-electron chi connectivity index (χ0n) is 9.74. The maximum Gasteiger partial charge on any atom is 0.276 e. The van der Waals surface area contributed by atoms with Crippen LogP contribution in [0.5, 0.6) is 0 Å². The summed E-state index contributed by atoms with van der Waals surface area (Å²) in [7, 11) is -3.45. The molecule has 0 saturated carbocycles. The van der Waals surface area contributed by atoms with Crippen molar-refractivity contribution in [2.24, 2.45) is 0 Å². The molecule has 17 heavy (non-hydrogen) atoms. The van der Waals surface area contributed by atoms with Crippen LogP contribution in [0.2, 0.25) is 0 Å². The van der Waals surface area contributed by atoms with Crippen molar-refractivity contribution in [3.05, 3.63) is 35.6 Å². The summed E-state index contributed by atoms with van der Waals surface area (Å²) in [5, 5.41) is 0. The van der Waals surface area contributed by atoms with Crippen LogP contribution in [0, 0.1) is 5.82 Å². The van der Waals surface area contributed by atoms with Gasteiger partial charge in [0.2, 0.25) is 0 Å². The molecular formula is C11H17FN2O2S. The van der Waals surface area contributed by atoms with Crippen LogP contribution in [0.25, 0.3) is 0 Å². The molecule has 0 aliphatic carbocycles. The minimum Gasteiger partial charge on any atom is -0.207 e. The summed E-state index contributed by atoms with van der Waals surface area (Å²) in [6.07, 6.45) is 1.06. The van der Waals surface area contributed by atoms with Gasteiger partial charge in [-0.1, -0.05) is 25.1 Å². The van der Waals surface area contributed by atoms with Gasteiger partial charge in [-0.15, -0.1) is 0 Å². The molecule has 96 valence electrons. The van der Waals surface area contributed by atoms with E-state index in [-0.39, 0.29) is 12.4 Å². The Morgan fingerprint density at radius 2 is 1.82 bits per heavy atom. The van der Waals surface area contributed by atoms with E-state index in [2.05, 4.69) is 9.44 Å². The van der Waals surface area contributed by atoms with Crippen molar-refractivity contribution in [2.45, 2.75) is 19.8 Å². The molecule has 4 nitrogen and oxygen atoms in total. The lowest BCUT2D eigenvalue weighted by Crippen LogP contribution is -2.37. The van der Waals surface area contributed by atoms with E-state index in [4.69, 9.17) is 0 Å². The van der Waals surface area contributed by atoms with Crippen LogP contribution in [-0.4, -0.2) is 21.5 Å². The van der Waals surface area contributed by atoms with Crippen LogP contribution >= 0.6 is 0 Å². The maximum absolute atomic E-state index is 13.2. The fourth-order valence-corrected chi connectivity index (χ4v) is 2.25. The minimum atomic E-state index is -3.45. The molecule has 0 saturated heterocycles. The van der Waals surface area contributed by atoms with Gasteiger partial charge >= 0.3 is 0 Å². The van der Waals surface area contributed by atoms with Crippen molar-refractivity contribution in [3.8, 4) is 0 Å². The van der Waals surface area contributed by atoms with Gasteiger partial charge in [0, 0.05) is 13.1 Å². The molecule has 0 amide bonds. The number of hydrogen-bond donors (Lipinski definition) is 2. The van der Waals surface area contributed by atoms with Crippen LogP contribution in [0.1, 0.15) is 18.9 Å². The van der Waals surface area contributed by atoms with E-state index in [1.54, 1.807) is 18.2 Å². The topological polar surface area (TPSA) is 58.2 Å². The Kier molecular flexibility index (Phi) is 5.54. The van der Waals surface area contributed by atoms with Crippen LogP contribution in [0.3, 0.4) is 0 Å². The second-order valence-corrected chi connectivity index (χ2v) is 5.22. The minimum absolute atomic E-state index is 0.181. The predicted octanol–water partition coefficient (Wildman–Crippen LogP) is 1.20. The molecule has 0 unspecified atom stereocenters. The first-order chi connectivity index (χ1) is 8.05. The van der Waals surface area contributed by atoms with Crippen LogP contribution < -0.4 is 9.44 Å². The number of nitrogens with one attached hydrogen (secondary N) is 2. The fourth-order valence-electron chi connectivity index (χ4n) is 1.31. The summed E-state index contributed by atoms with van der Waals surface area (Å²) >= 11 is 0. The second kappa shape index (κ2) is 6.68. The molecule has 1 aromatic carbocycles. The molecule has 0 aliphatic heterocycles. The van der Waals surface area contributed by atoms with Crippen LogP contribution in [0.15, 0.2) is 24.3 Å². The van der Waals surface area contributed by atoms with Gasteiger partial charge in [-0.05, 0) is 24.5 Å². The first-order valence-corrected chi connectivity index (χ1v) is 7.01. The Morgan fingerprint density at radius 3 is 2.47 bits per heavy atom. The van der Waals surface area contributed by atoms with E-state index in [0.717, 1.165) is 6.42 Å². The number of hydrogen-bond acceptors (Lipinski definition) is 2. The highest BCUT2D eigenvalue weighted by molar-refractivity contribution is 7.87. The molecule has 6 heteroatoms. The lowest BCUT2D eigenvalue weighted by molar-refractivity contribution is 0.563. The van der Waals surface area contributed by atoms with Crippen molar-refractivity contribution in [1.82, 2.24) is 9.44 Å². The van der Waals surface area contributed by atoms with Crippen molar-refractivity contribution in [1.29, 1.82) is 0 Å². The van der Waals surface area contributed by atoms with Crippen molar-refractivity contribution in [2.75, 3.05) is 13.1 Å². The predicted molar refractivity (Wildman–Crippen MR) is 65.3 cm³/mol. The molecule has 2 N–H and O–H groups in total. The second-order valence-electron chi connectivity index (χ2n) is 3.63. The van der Waals surface area contributed by atoms with E-state index in [0.29, 0.717) is 18.5 Å². The Hall–Kier alpha value is -0.980. The maximum atomic E-state index is 13.2. The third-order valence-electron chi connectivity index (χ3n) is 2.19. The Morgan fingerprint density at radius 1 is 1.18 bits per heavy atom. The molecule has 0 radical (unpaired) electrons. The van der Waals surface area contributed by atoms with Gasteiger partial charge in [0.05, 0.1) is 0 Å². The summed E-state index contributed by atoms with van der Waals surface area (Å²) < 4.78 is 40.7. The average Bonchev–Trinajstić information content (AvgIpc) is 2.29. The molecule has 0 aromatic heterocycles. The normalized spacial score (nSPS) is 11.6. The van der Waals surface area contributed by atoms with Gasteiger partial charge in [0.25, 0.3) is 10.2 Å². The summed E-state index contributed by atoms with van der Waals surface area (Å²) in [6, 6.07) is 6.33. The molecule has 0 spiro atoms. The number of rotatable bonds is 7. The Balaban J connectivity index is 2.40. The van der Waals surface area contributed by atoms with Crippen LogP contribution in [-0.2, 0) is 16.6 Å². The van der Waals surface area contributed by atoms with E-state index in [9.17, 15) is 12.8 Å². The van der Waals surface area contributed by atoms with Gasteiger partial charge in [-0.3, -0.25) is 0 Å². The standard InChI is InChI=1S/C11H17FN2O2S/c1-2-8-13-17(15,16)14-9-7-10-5-3-4-6-11(10)12/h3-6,13-14H,2,7-9H2,1H3. The highest BCUT2D eigenvalue weighted by Gasteiger charge is 2.08. The Labute approximate surface area is 101 Å². The third-order valence-corrected chi connectivity index (χ3v) is 3.35. The molecule has 0 bridgehead atoms. The van der Waals surface area contributed by atoms with Gasteiger partial charge in [0.1, 0.15) is 5.82 Å². The smallest absolute Gasteiger partial charge is 0.207 e. The first kappa shape index (κ1) is 14.1. The molecule has 0 fully saturated rings. The fraction of sp³-hybridized carbons (Fsp3) is 0.455. The SMILES string of the molecule is CCCNS(=O)(=O)NCCc1ccccc1F. The van der Waals surface area contributed by atoms with Crippen molar-refractivity contribution >= 4 is 10.2 Å². The van der Waals surface area contributed by atoms with Gasteiger partial charge < -0.3 is 0 Å². The van der Waals surface area contributed by atoms with E-state index < -0.39 is 10.2 Å². The number of halogens is 1. The zero-order chi connectivity index (χ0) is 12.7. The van der Waals surface area contributed by atoms with Gasteiger partial charge in [-0.25, -0.2) is 13.8 Å². The molecule has 0 heterocycles. The average molecular weight is 260 g/mol. The zero-order valence-corrected chi connectivity index (χ0v) is 10.6. The van der Waals surface area contributed by atoms with Crippen LogP contribution in [0.4, 0.5) is 4.39 Å². The lowest BCUT2D eigenvalue weighted by Gasteiger charge is -2.07. The third kappa shape index (κ3) is 5.25. The van der Waals surface area contributed by atoms with Gasteiger partial charge in [0.15, 0.2) is 0 Å². The molecule has 0 atom stereocenters. The largest absolute Gasteiger partial charge is 0.276 e. The van der Waals surface area contributed by atoms with Crippen molar-refractivity contribution in [3.63, 3.8) is 0 Å². The summed E-state index contributed by atoms with van der Waals surface area (Å²) in [5.41, 5.74) is 0.505. The van der Waals surface area contributed by atoms with E-state index >= 15 is 0 Å². The van der Waals surface area contributed by atoms with Crippen molar-refractivity contribution < 1.29 is 12.8 Å².